The van der Waals surface area contributed by atoms with Crippen LogP contribution < -0.4 is 5.32 Å². The quantitative estimate of drug-likeness (QED) is 0.869. The molecule has 1 saturated carbocycles. The molecule has 1 aliphatic carbocycles. The number of hydrogen-bond donors (Lipinski definition) is 1. The molecule has 2 aliphatic rings. The van der Waals surface area contributed by atoms with Gasteiger partial charge in [0, 0.05) is 30.1 Å². The number of halogens is 1. The highest BCUT2D eigenvalue weighted by atomic mass is 35.5. The normalized spacial score (nSPS) is 23.2. The van der Waals surface area contributed by atoms with Crippen LogP contribution in [0.3, 0.4) is 0 Å². The van der Waals surface area contributed by atoms with Crippen LogP contribution in [0.15, 0.2) is 30.9 Å². The Kier molecular flexibility index (Phi) is 4.21. The van der Waals surface area contributed by atoms with E-state index in [4.69, 9.17) is 11.6 Å². The van der Waals surface area contributed by atoms with Crippen molar-refractivity contribution in [3.8, 4) is 0 Å². The third kappa shape index (κ3) is 2.88. The molecule has 5 heteroatoms. The van der Waals surface area contributed by atoms with Crippen LogP contribution >= 0.6 is 11.6 Å². The first-order valence-corrected chi connectivity index (χ1v) is 7.94. The zero-order chi connectivity index (χ0) is 15.7. The first-order valence-electron chi connectivity index (χ1n) is 7.56. The molecule has 2 amide bonds. The van der Waals surface area contributed by atoms with Gasteiger partial charge < -0.3 is 10.2 Å². The molecule has 22 heavy (non-hydrogen) atoms. The second-order valence-corrected chi connectivity index (χ2v) is 6.37. The standard InChI is InChI=1S/C17H19ClN2O2/c1-2-16(21)19-13-8-12(9-13)17(22)20-7-6-11-4-3-5-15(18)14(11)10-20/h2-5,12-13H,1,6-10H2,(H,19,21). The minimum absolute atomic E-state index is 0.0131. The molecule has 0 saturated heterocycles. The van der Waals surface area contributed by atoms with Gasteiger partial charge in [0.15, 0.2) is 0 Å². The molecule has 4 nitrogen and oxygen atoms in total. The first-order chi connectivity index (χ1) is 10.6. The van der Waals surface area contributed by atoms with Crippen molar-refractivity contribution in [1.29, 1.82) is 0 Å². The Morgan fingerprint density at radius 1 is 1.36 bits per heavy atom. The number of nitrogens with one attached hydrogen (secondary N) is 1. The lowest BCUT2D eigenvalue weighted by atomic mass is 9.79. The molecule has 1 aromatic carbocycles. The topological polar surface area (TPSA) is 49.4 Å². The van der Waals surface area contributed by atoms with E-state index in [0.717, 1.165) is 23.6 Å². The summed E-state index contributed by atoms with van der Waals surface area (Å²) >= 11 is 6.24. The lowest BCUT2D eigenvalue weighted by Gasteiger charge is -2.39. The van der Waals surface area contributed by atoms with Crippen LogP contribution in [0.4, 0.5) is 0 Å². The number of carbonyl (C=O) groups excluding carboxylic acids is 2. The predicted molar refractivity (Wildman–Crippen MR) is 85.4 cm³/mol. The largest absolute Gasteiger partial charge is 0.350 e. The van der Waals surface area contributed by atoms with Gasteiger partial charge in [0.05, 0.1) is 0 Å². The average molecular weight is 319 g/mol. The van der Waals surface area contributed by atoms with Crippen LogP contribution in [0.5, 0.6) is 0 Å². The van der Waals surface area contributed by atoms with Crippen molar-refractivity contribution in [2.24, 2.45) is 5.92 Å². The Hall–Kier alpha value is -1.81. The Morgan fingerprint density at radius 2 is 2.14 bits per heavy atom. The molecule has 1 aliphatic heterocycles. The van der Waals surface area contributed by atoms with E-state index in [1.807, 2.05) is 17.0 Å². The zero-order valence-electron chi connectivity index (χ0n) is 12.3. The summed E-state index contributed by atoms with van der Waals surface area (Å²) in [7, 11) is 0. The number of fused-ring (bicyclic) bond motifs is 1. The van der Waals surface area contributed by atoms with Gasteiger partial charge in [-0.15, -0.1) is 0 Å². The molecule has 1 N–H and O–H groups in total. The fourth-order valence-corrected chi connectivity index (χ4v) is 3.44. The maximum atomic E-state index is 12.6. The minimum Gasteiger partial charge on any atom is -0.350 e. The van der Waals surface area contributed by atoms with Crippen LogP contribution in [0.2, 0.25) is 5.02 Å². The number of carbonyl (C=O) groups is 2. The summed E-state index contributed by atoms with van der Waals surface area (Å²) in [5.74, 6) is 0.0170. The van der Waals surface area contributed by atoms with Gasteiger partial charge in [0.25, 0.3) is 0 Å². The van der Waals surface area contributed by atoms with Gasteiger partial charge in [-0.2, -0.15) is 0 Å². The number of benzene rings is 1. The second-order valence-electron chi connectivity index (χ2n) is 5.97. The Labute approximate surface area is 135 Å². The number of rotatable bonds is 3. The van der Waals surface area contributed by atoms with Crippen molar-refractivity contribution in [2.45, 2.75) is 31.8 Å². The smallest absolute Gasteiger partial charge is 0.243 e. The van der Waals surface area contributed by atoms with E-state index in [9.17, 15) is 9.59 Å². The first kappa shape index (κ1) is 15.1. The van der Waals surface area contributed by atoms with Crippen LogP contribution in [0.25, 0.3) is 0 Å². The third-order valence-electron chi connectivity index (χ3n) is 4.55. The maximum absolute atomic E-state index is 12.6. The molecule has 0 bridgehead atoms. The van der Waals surface area contributed by atoms with Crippen LogP contribution in [0, 0.1) is 5.92 Å². The highest BCUT2D eigenvalue weighted by molar-refractivity contribution is 6.31. The van der Waals surface area contributed by atoms with E-state index < -0.39 is 0 Å². The van der Waals surface area contributed by atoms with Gasteiger partial charge in [-0.3, -0.25) is 9.59 Å². The maximum Gasteiger partial charge on any atom is 0.243 e. The second kappa shape index (κ2) is 6.13. The summed E-state index contributed by atoms with van der Waals surface area (Å²) in [6.45, 7) is 4.76. The SMILES string of the molecule is C=CC(=O)NC1CC(C(=O)N2CCc3cccc(Cl)c3C2)C1. The number of amides is 2. The Balaban J connectivity index is 1.58. The van der Waals surface area contributed by atoms with E-state index in [1.54, 1.807) is 0 Å². The van der Waals surface area contributed by atoms with Gasteiger partial charge >= 0.3 is 0 Å². The van der Waals surface area contributed by atoms with Crippen molar-refractivity contribution in [3.63, 3.8) is 0 Å². The molecule has 0 radical (unpaired) electrons. The molecule has 1 fully saturated rings. The summed E-state index contributed by atoms with van der Waals surface area (Å²) < 4.78 is 0. The van der Waals surface area contributed by atoms with E-state index in [-0.39, 0.29) is 23.8 Å². The van der Waals surface area contributed by atoms with Crippen molar-refractivity contribution in [3.05, 3.63) is 47.0 Å². The highest BCUT2D eigenvalue weighted by Crippen LogP contribution is 2.32. The van der Waals surface area contributed by atoms with Crippen molar-refractivity contribution in [1.82, 2.24) is 10.2 Å². The minimum atomic E-state index is -0.172. The van der Waals surface area contributed by atoms with Gasteiger partial charge in [0.1, 0.15) is 0 Å². The van der Waals surface area contributed by atoms with E-state index in [0.29, 0.717) is 19.4 Å². The van der Waals surface area contributed by atoms with Crippen LogP contribution in [0.1, 0.15) is 24.0 Å². The molecule has 0 aromatic heterocycles. The highest BCUT2D eigenvalue weighted by Gasteiger charge is 2.38. The third-order valence-corrected chi connectivity index (χ3v) is 4.90. The van der Waals surface area contributed by atoms with Crippen LogP contribution in [-0.4, -0.2) is 29.3 Å². The fraction of sp³-hybridized carbons (Fsp3) is 0.412. The predicted octanol–water partition coefficient (Wildman–Crippen LogP) is 2.31. The number of hydrogen-bond acceptors (Lipinski definition) is 2. The molecule has 1 aromatic rings. The van der Waals surface area contributed by atoms with E-state index >= 15 is 0 Å². The molecule has 1 heterocycles. The molecule has 3 rings (SSSR count). The van der Waals surface area contributed by atoms with Crippen molar-refractivity contribution in [2.75, 3.05) is 6.54 Å². The summed E-state index contributed by atoms with van der Waals surface area (Å²) in [5, 5.41) is 3.57. The molecule has 0 atom stereocenters. The van der Waals surface area contributed by atoms with E-state index in [2.05, 4.69) is 18.0 Å². The summed E-state index contributed by atoms with van der Waals surface area (Å²) in [4.78, 5) is 25.7. The van der Waals surface area contributed by atoms with Crippen LogP contribution in [-0.2, 0) is 22.6 Å². The van der Waals surface area contributed by atoms with Gasteiger partial charge in [0.2, 0.25) is 11.8 Å². The summed E-state index contributed by atoms with van der Waals surface area (Å²) in [6.07, 6.45) is 3.54. The van der Waals surface area contributed by atoms with Gasteiger partial charge in [-0.25, -0.2) is 0 Å². The van der Waals surface area contributed by atoms with E-state index in [1.165, 1.54) is 11.6 Å². The Bertz CT molecular complexity index is 623. The van der Waals surface area contributed by atoms with Gasteiger partial charge in [-0.05, 0) is 42.5 Å². The number of nitrogens with zero attached hydrogens (tertiary/aromatic N) is 1. The van der Waals surface area contributed by atoms with Gasteiger partial charge in [-0.1, -0.05) is 30.3 Å². The Morgan fingerprint density at radius 3 is 2.86 bits per heavy atom. The lowest BCUT2D eigenvalue weighted by Crippen LogP contribution is -2.50. The average Bonchev–Trinajstić information content (AvgIpc) is 2.49. The summed E-state index contributed by atoms with van der Waals surface area (Å²) in [6, 6.07) is 6.00. The zero-order valence-corrected chi connectivity index (χ0v) is 13.1. The van der Waals surface area contributed by atoms with Crippen molar-refractivity contribution >= 4 is 23.4 Å². The molecule has 116 valence electrons. The fourth-order valence-electron chi connectivity index (χ4n) is 3.18. The molecular formula is C17H19ClN2O2. The molecular weight excluding hydrogens is 300 g/mol. The lowest BCUT2D eigenvalue weighted by molar-refractivity contribution is -0.140. The molecule has 0 unspecified atom stereocenters. The monoisotopic (exact) mass is 318 g/mol. The summed E-state index contributed by atoms with van der Waals surface area (Å²) in [5.41, 5.74) is 2.31. The van der Waals surface area contributed by atoms with Crippen molar-refractivity contribution < 1.29 is 9.59 Å². The molecule has 0 spiro atoms.